The van der Waals surface area contributed by atoms with Crippen molar-refractivity contribution in [1.82, 2.24) is 10.2 Å². The lowest BCUT2D eigenvalue weighted by molar-refractivity contribution is -0.143. The summed E-state index contributed by atoms with van der Waals surface area (Å²) in [5.41, 5.74) is 5.11. The Labute approximate surface area is 215 Å². The molecule has 2 atom stereocenters. The number of nitrogens with zero attached hydrogens (tertiary/aromatic N) is 1. The molecule has 5 heteroatoms. The molecular weight excluding hydrogens is 448 g/mol. The summed E-state index contributed by atoms with van der Waals surface area (Å²) >= 11 is 0. The molecule has 0 spiro atoms. The Bertz CT molecular complexity index is 1160. The summed E-state index contributed by atoms with van der Waals surface area (Å²) in [6, 6.07) is 23.1. The molecule has 0 fully saturated rings. The largest absolute Gasteiger partial charge is 0.483 e. The highest BCUT2D eigenvalue weighted by molar-refractivity contribution is 5.88. The van der Waals surface area contributed by atoms with Crippen molar-refractivity contribution in [3.63, 3.8) is 0 Å². The van der Waals surface area contributed by atoms with Crippen LogP contribution in [-0.4, -0.2) is 35.4 Å². The molecule has 3 aromatic rings. The van der Waals surface area contributed by atoms with Crippen molar-refractivity contribution in [2.24, 2.45) is 0 Å². The van der Waals surface area contributed by atoms with E-state index in [0.29, 0.717) is 18.7 Å². The van der Waals surface area contributed by atoms with E-state index in [1.54, 1.807) is 4.90 Å². The Morgan fingerprint density at radius 3 is 2.31 bits per heavy atom. The topological polar surface area (TPSA) is 58.6 Å². The minimum absolute atomic E-state index is 0.0115. The van der Waals surface area contributed by atoms with Crippen LogP contribution in [0.3, 0.4) is 0 Å². The minimum atomic E-state index is -0.671. The number of carbonyl (C=O) groups excluding carboxylic acids is 2. The zero-order chi connectivity index (χ0) is 26.1. The first-order chi connectivity index (χ1) is 17.3. The Morgan fingerprint density at radius 2 is 1.61 bits per heavy atom. The van der Waals surface area contributed by atoms with E-state index < -0.39 is 6.04 Å². The quantitative estimate of drug-likeness (QED) is 0.387. The number of hydrogen-bond acceptors (Lipinski definition) is 3. The first kappa shape index (κ1) is 27.0. The van der Waals surface area contributed by atoms with E-state index in [0.717, 1.165) is 34.2 Å². The van der Waals surface area contributed by atoms with Gasteiger partial charge in [0.15, 0.2) is 6.61 Å². The van der Waals surface area contributed by atoms with Gasteiger partial charge in [0.2, 0.25) is 5.91 Å². The summed E-state index contributed by atoms with van der Waals surface area (Å²) in [4.78, 5) is 29.0. The highest BCUT2D eigenvalue weighted by Gasteiger charge is 2.31. The number of carbonyl (C=O) groups is 2. The molecule has 36 heavy (non-hydrogen) atoms. The Kier molecular flexibility index (Phi) is 9.69. The first-order valence-electron chi connectivity index (χ1n) is 12.7. The van der Waals surface area contributed by atoms with Crippen molar-refractivity contribution >= 4 is 11.8 Å². The molecule has 0 unspecified atom stereocenters. The molecule has 0 saturated heterocycles. The smallest absolute Gasteiger partial charge is 0.261 e. The molecule has 0 radical (unpaired) electrons. The first-order valence-corrected chi connectivity index (χ1v) is 12.7. The van der Waals surface area contributed by atoms with E-state index in [9.17, 15) is 9.59 Å². The molecule has 5 nitrogen and oxygen atoms in total. The van der Waals surface area contributed by atoms with Gasteiger partial charge in [0.25, 0.3) is 5.91 Å². The second-order valence-electron chi connectivity index (χ2n) is 9.53. The van der Waals surface area contributed by atoms with Crippen molar-refractivity contribution < 1.29 is 14.3 Å². The summed E-state index contributed by atoms with van der Waals surface area (Å²) in [5, 5.41) is 3.10. The minimum Gasteiger partial charge on any atom is -0.483 e. The zero-order valence-corrected chi connectivity index (χ0v) is 22.1. The van der Waals surface area contributed by atoms with Crippen molar-refractivity contribution in [2.75, 3.05) is 6.61 Å². The van der Waals surface area contributed by atoms with Crippen LogP contribution in [-0.2, 0) is 22.6 Å². The highest BCUT2D eigenvalue weighted by atomic mass is 16.5. The molecule has 0 aliphatic carbocycles. The molecule has 0 heterocycles. The summed E-state index contributed by atoms with van der Waals surface area (Å²) in [5.74, 6) is 0.309. The highest BCUT2D eigenvalue weighted by Crippen LogP contribution is 2.21. The van der Waals surface area contributed by atoms with E-state index >= 15 is 0 Å². The van der Waals surface area contributed by atoms with Crippen LogP contribution in [0.1, 0.15) is 48.1 Å². The molecule has 2 amide bonds. The third kappa shape index (κ3) is 7.45. The van der Waals surface area contributed by atoms with Gasteiger partial charge in [0, 0.05) is 19.0 Å². The van der Waals surface area contributed by atoms with Gasteiger partial charge >= 0.3 is 0 Å². The van der Waals surface area contributed by atoms with Gasteiger partial charge in [0.1, 0.15) is 11.8 Å². The summed E-state index contributed by atoms with van der Waals surface area (Å²) in [6.07, 6.45) is 1.23. The third-order valence-corrected chi connectivity index (χ3v) is 6.57. The monoisotopic (exact) mass is 486 g/mol. The van der Waals surface area contributed by atoms with E-state index in [1.165, 1.54) is 0 Å². The number of hydrogen-bond donors (Lipinski definition) is 1. The normalized spacial score (nSPS) is 12.5. The van der Waals surface area contributed by atoms with Crippen LogP contribution in [0, 0.1) is 20.8 Å². The summed E-state index contributed by atoms with van der Waals surface area (Å²) < 4.78 is 5.99. The van der Waals surface area contributed by atoms with E-state index in [2.05, 4.69) is 5.32 Å². The fourth-order valence-corrected chi connectivity index (χ4v) is 4.05. The second kappa shape index (κ2) is 12.9. The van der Waals surface area contributed by atoms with Crippen LogP contribution in [0.4, 0.5) is 0 Å². The Morgan fingerprint density at radius 1 is 0.917 bits per heavy atom. The van der Waals surface area contributed by atoms with Gasteiger partial charge in [0.05, 0.1) is 0 Å². The lowest BCUT2D eigenvalue weighted by Crippen LogP contribution is -2.53. The Balaban J connectivity index is 1.94. The number of aryl methyl sites for hydroxylation is 3. The van der Waals surface area contributed by atoms with Gasteiger partial charge in [-0.15, -0.1) is 0 Å². The number of benzene rings is 3. The van der Waals surface area contributed by atoms with E-state index in [1.807, 2.05) is 107 Å². The van der Waals surface area contributed by atoms with Crippen LogP contribution < -0.4 is 10.1 Å². The van der Waals surface area contributed by atoms with Crippen molar-refractivity contribution in [3.05, 3.63) is 101 Å². The molecule has 3 aromatic carbocycles. The average molecular weight is 487 g/mol. The van der Waals surface area contributed by atoms with Crippen molar-refractivity contribution in [2.45, 2.75) is 66.1 Å². The molecule has 190 valence electrons. The molecule has 0 aromatic heterocycles. The number of ether oxygens (including phenoxy) is 1. The lowest BCUT2D eigenvalue weighted by atomic mass is 10.0. The molecule has 1 N–H and O–H groups in total. The number of amides is 2. The van der Waals surface area contributed by atoms with Crippen molar-refractivity contribution in [1.29, 1.82) is 0 Å². The lowest BCUT2D eigenvalue weighted by Gasteiger charge is -2.32. The Hall–Kier alpha value is -3.60. The predicted molar refractivity (Wildman–Crippen MR) is 145 cm³/mol. The fraction of sp³-hybridized carbons (Fsp3) is 0.355. The fourth-order valence-electron chi connectivity index (χ4n) is 4.05. The zero-order valence-electron chi connectivity index (χ0n) is 22.1. The maximum absolute atomic E-state index is 13.7. The number of rotatable bonds is 11. The third-order valence-electron chi connectivity index (χ3n) is 6.57. The van der Waals surface area contributed by atoms with Gasteiger partial charge in [-0.05, 0) is 68.0 Å². The average Bonchev–Trinajstić information content (AvgIpc) is 2.87. The molecule has 0 bridgehead atoms. The van der Waals surface area contributed by atoms with Crippen LogP contribution in [0.2, 0.25) is 0 Å². The van der Waals surface area contributed by atoms with Gasteiger partial charge in [-0.2, -0.15) is 0 Å². The molecule has 0 saturated carbocycles. The summed E-state index contributed by atoms with van der Waals surface area (Å²) in [6.45, 7) is 10.2. The van der Waals surface area contributed by atoms with Gasteiger partial charge in [-0.3, -0.25) is 9.59 Å². The van der Waals surface area contributed by atoms with Crippen LogP contribution in [0.5, 0.6) is 5.75 Å². The van der Waals surface area contributed by atoms with Gasteiger partial charge in [-0.25, -0.2) is 0 Å². The number of nitrogens with one attached hydrogen (secondary N) is 1. The molecule has 0 aliphatic heterocycles. The second-order valence-corrected chi connectivity index (χ2v) is 9.53. The van der Waals surface area contributed by atoms with Gasteiger partial charge < -0.3 is 15.0 Å². The standard InChI is InChI=1S/C31H38N2O3/c1-6-25(5)32-31(35)28(19-26-13-8-7-9-14-26)33(20-27-15-11-10-12-23(27)3)30(34)21-36-29-18-22(2)16-17-24(29)4/h7-18,25,28H,6,19-21H2,1-5H3,(H,32,35)/t25-,28-/m1/s1. The van der Waals surface area contributed by atoms with Crippen LogP contribution in [0.15, 0.2) is 72.8 Å². The molecule has 0 aliphatic rings. The molecular formula is C31H38N2O3. The summed E-state index contributed by atoms with van der Waals surface area (Å²) in [7, 11) is 0. The van der Waals surface area contributed by atoms with Crippen LogP contribution >= 0.6 is 0 Å². The van der Waals surface area contributed by atoms with Gasteiger partial charge in [-0.1, -0.05) is 73.7 Å². The maximum atomic E-state index is 13.7. The predicted octanol–water partition coefficient (Wildman–Crippen LogP) is 5.55. The van der Waals surface area contributed by atoms with Crippen molar-refractivity contribution in [3.8, 4) is 5.75 Å². The SMILES string of the molecule is CC[C@@H](C)NC(=O)[C@@H](Cc1ccccc1)N(Cc1ccccc1C)C(=O)COc1cc(C)ccc1C. The van der Waals surface area contributed by atoms with E-state index in [-0.39, 0.29) is 24.5 Å². The van der Waals surface area contributed by atoms with Crippen LogP contribution in [0.25, 0.3) is 0 Å². The molecule has 3 rings (SSSR count). The maximum Gasteiger partial charge on any atom is 0.261 e. The van der Waals surface area contributed by atoms with E-state index in [4.69, 9.17) is 4.74 Å².